The summed E-state index contributed by atoms with van der Waals surface area (Å²) in [4.78, 5) is 2.49. The summed E-state index contributed by atoms with van der Waals surface area (Å²) in [5, 5.41) is 2.55. The number of nitrogens with zero attached hydrogens (tertiary/aromatic N) is 2. The summed E-state index contributed by atoms with van der Waals surface area (Å²) in [6, 6.07) is 15.1. The van der Waals surface area contributed by atoms with Gasteiger partial charge in [0.2, 0.25) is 0 Å². The fraction of sp³-hybridized carbons (Fsp3) is 0.391. The van der Waals surface area contributed by atoms with E-state index in [1.54, 1.807) is 0 Å². The number of fused-ring (bicyclic) bond motifs is 6. The molecule has 3 aliphatic heterocycles. The molecule has 4 heterocycles. The van der Waals surface area contributed by atoms with Crippen LogP contribution in [0.1, 0.15) is 19.8 Å². The number of nitrogens with two attached hydrogens (primary N) is 1. The fourth-order valence-electron chi connectivity index (χ4n) is 5.00. The molecule has 0 spiro atoms. The van der Waals surface area contributed by atoms with Gasteiger partial charge in [0.1, 0.15) is 11.9 Å². The second kappa shape index (κ2) is 8.86. The number of halogens is 2. The van der Waals surface area contributed by atoms with E-state index in [0.29, 0.717) is 12.5 Å². The molecule has 0 aliphatic carbocycles. The maximum atomic E-state index is 6.58. The smallest absolute Gasteiger partial charge is 0.141 e. The predicted molar refractivity (Wildman–Crippen MR) is 125 cm³/mol. The Balaban J connectivity index is 0.00000120. The van der Waals surface area contributed by atoms with Crippen molar-refractivity contribution in [2.24, 2.45) is 11.7 Å². The summed E-state index contributed by atoms with van der Waals surface area (Å²) in [5.74, 6) is 1.59. The Kier molecular flexibility index (Phi) is 6.67. The van der Waals surface area contributed by atoms with Gasteiger partial charge in [0.15, 0.2) is 0 Å². The third-order valence-electron chi connectivity index (χ3n) is 6.28. The minimum atomic E-state index is 0. The Morgan fingerprint density at radius 2 is 1.76 bits per heavy atom. The molecule has 156 valence electrons. The van der Waals surface area contributed by atoms with Crippen LogP contribution >= 0.6 is 24.8 Å². The molecule has 0 amide bonds. The lowest BCUT2D eigenvalue weighted by Gasteiger charge is -2.47. The number of aromatic nitrogens is 1. The summed E-state index contributed by atoms with van der Waals surface area (Å²) in [6.07, 6.45) is 4.89. The summed E-state index contributed by atoms with van der Waals surface area (Å²) < 4.78 is 8.90. The molecule has 1 atom stereocenters. The van der Waals surface area contributed by atoms with Gasteiger partial charge < -0.3 is 19.9 Å². The van der Waals surface area contributed by atoms with Crippen molar-refractivity contribution in [3.63, 3.8) is 0 Å². The largest absolute Gasteiger partial charge is 0.484 e. The minimum absolute atomic E-state index is 0. The molecule has 3 aliphatic rings. The topological polar surface area (TPSA) is 43.4 Å². The average Bonchev–Trinajstić information content (AvgIpc) is 3.03. The molecule has 4 nitrogen and oxygen atoms in total. The molecular weight excluding hydrogens is 405 g/mol. The van der Waals surface area contributed by atoms with E-state index in [0.717, 1.165) is 12.3 Å². The van der Waals surface area contributed by atoms with Gasteiger partial charge in [-0.15, -0.1) is 24.8 Å². The molecule has 1 aromatic heterocycles. The molecular formula is C23H29Cl2N3O. The molecule has 1 unspecified atom stereocenters. The van der Waals surface area contributed by atoms with Crippen LogP contribution in [0.15, 0.2) is 54.2 Å². The number of allylic oxidation sites excluding steroid dienone is 1. The van der Waals surface area contributed by atoms with E-state index in [9.17, 15) is 0 Å². The molecule has 3 saturated heterocycles. The normalized spacial score (nSPS) is 22.0. The van der Waals surface area contributed by atoms with Gasteiger partial charge in [-0.2, -0.15) is 0 Å². The SMILES string of the molecule is CC=C1C(Oc2ccc3c4ccccc4n(CCN)c3c2)C2CCN1CC2.Cl.Cl. The van der Waals surface area contributed by atoms with Crippen LogP contribution in [0.5, 0.6) is 5.75 Å². The summed E-state index contributed by atoms with van der Waals surface area (Å²) >= 11 is 0. The van der Waals surface area contributed by atoms with Gasteiger partial charge in [-0.3, -0.25) is 0 Å². The maximum absolute atomic E-state index is 6.58. The van der Waals surface area contributed by atoms with Crippen LogP contribution < -0.4 is 10.5 Å². The van der Waals surface area contributed by atoms with Crippen LogP contribution in [0.25, 0.3) is 21.8 Å². The number of para-hydroxylation sites is 1. The molecule has 2 N–H and O–H groups in total. The van der Waals surface area contributed by atoms with E-state index in [4.69, 9.17) is 10.5 Å². The van der Waals surface area contributed by atoms with E-state index in [-0.39, 0.29) is 30.9 Å². The molecule has 2 aromatic carbocycles. The standard InChI is InChI=1S/C23H27N3O.2ClH/c1-2-20-23(16-9-12-25(20)13-10-16)27-17-7-8-19-18-5-3-4-6-21(18)26(14-11-24)22(19)15-17;;/h2-8,15-16,23H,9-14,24H2,1H3;2*1H. The number of benzene rings is 2. The van der Waals surface area contributed by atoms with E-state index in [2.05, 4.69) is 64.9 Å². The highest BCUT2D eigenvalue weighted by Gasteiger charge is 2.39. The first-order valence-corrected chi connectivity index (χ1v) is 10.1. The van der Waals surface area contributed by atoms with Crippen LogP contribution in [-0.4, -0.2) is 35.2 Å². The molecule has 3 aromatic rings. The van der Waals surface area contributed by atoms with Gasteiger partial charge in [0.25, 0.3) is 0 Å². The first kappa shape index (κ1) is 21.8. The number of rotatable bonds is 4. The molecule has 2 bridgehead atoms. The Morgan fingerprint density at radius 3 is 2.48 bits per heavy atom. The quantitative estimate of drug-likeness (QED) is 0.630. The molecule has 0 saturated carbocycles. The number of hydrogen-bond donors (Lipinski definition) is 1. The van der Waals surface area contributed by atoms with E-state index in [1.165, 1.54) is 53.4 Å². The van der Waals surface area contributed by atoms with Crippen LogP contribution in [-0.2, 0) is 6.54 Å². The van der Waals surface area contributed by atoms with Crippen molar-refractivity contribution in [2.75, 3.05) is 19.6 Å². The second-order valence-corrected chi connectivity index (χ2v) is 7.71. The number of hydrogen-bond acceptors (Lipinski definition) is 3. The van der Waals surface area contributed by atoms with Crippen molar-refractivity contribution >= 4 is 46.6 Å². The van der Waals surface area contributed by atoms with Gasteiger partial charge >= 0.3 is 0 Å². The molecule has 6 rings (SSSR count). The zero-order valence-corrected chi connectivity index (χ0v) is 18.3. The summed E-state index contributed by atoms with van der Waals surface area (Å²) in [5.41, 5.74) is 9.72. The van der Waals surface area contributed by atoms with E-state index < -0.39 is 0 Å². The fourth-order valence-corrected chi connectivity index (χ4v) is 5.00. The Labute approximate surface area is 184 Å². The van der Waals surface area contributed by atoms with Crippen LogP contribution in [0.4, 0.5) is 0 Å². The van der Waals surface area contributed by atoms with Crippen molar-refractivity contribution in [1.82, 2.24) is 9.47 Å². The monoisotopic (exact) mass is 433 g/mol. The maximum Gasteiger partial charge on any atom is 0.141 e. The Bertz CT molecular complexity index is 1020. The lowest BCUT2D eigenvalue weighted by Crippen LogP contribution is -2.50. The Hall–Kier alpha value is -1.88. The highest BCUT2D eigenvalue weighted by molar-refractivity contribution is 6.08. The van der Waals surface area contributed by atoms with Crippen molar-refractivity contribution in [3.8, 4) is 5.75 Å². The van der Waals surface area contributed by atoms with Crippen molar-refractivity contribution in [2.45, 2.75) is 32.4 Å². The van der Waals surface area contributed by atoms with Crippen molar-refractivity contribution in [1.29, 1.82) is 0 Å². The Morgan fingerprint density at radius 1 is 1.03 bits per heavy atom. The highest BCUT2D eigenvalue weighted by atomic mass is 35.5. The highest BCUT2D eigenvalue weighted by Crippen LogP contribution is 2.38. The molecule has 3 fully saturated rings. The van der Waals surface area contributed by atoms with Gasteiger partial charge in [0.05, 0.1) is 11.2 Å². The second-order valence-electron chi connectivity index (χ2n) is 7.71. The summed E-state index contributed by atoms with van der Waals surface area (Å²) in [7, 11) is 0. The number of piperidine rings is 3. The van der Waals surface area contributed by atoms with Crippen LogP contribution in [0.2, 0.25) is 0 Å². The average molecular weight is 434 g/mol. The molecule has 6 heteroatoms. The zero-order chi connectivity index (χ0) is 18.4. The van der Waals surface area contributed by atoms with Gasteiger partial charge in [0, 0.05) is 54.5 Å². The van der Waals surface area contributed by atoms with Gasteiger partial charge in [-0.05, 0) is 38.0 Å². The molecule has 29 heavy (non-hydrogen) atoms. The van der Waals surface area contributed by atoms with Crippen molar-refractivity contribution in [3.05, 3.63) is 54.2 Å². The lowest BCUT2D eigenvalue weighted by atomic mass is 9.83. The lowest BCUT2D eigenvalue weighted by molar-refractivity contribution is 0.0352. The van der Waals surface area contributed by atoms with E-state index >= 15 is 0 Å². The zero-order valence-electron chi connectivity index (χ0n) is 16.7. The number of ether oxygens (including phenoxy) is 1. The third-order valence-corrected chi connectivity index (χ3v) is 6.28. The predicted octanol–water partition coefficient (Wildman–Crippen LogP) is 4.97. The van der Waals surface area contributed by atoms with E-state index in [1.807, 2.05) is 0 Å². The third kappa shape index (κ3) is 3.58. The minimum Gasteiger partial charge on any atom is -0.484 e. The van der Waals surface area contributed by atoms with Crippen LogP contribution in [0.3, 0.4) is 0 Å². The van der Waals surface area contributed by atoms with Crippen LogP contribution in [0, 0.1) is 5.92 Å². The van der Waals surface area contributed by atoms with Crippen molar-refractivity contribution < 1.29 is 4.74 Å². The molecule has 0 radical (unpaired) electrons. The summed E-state index contributed by atoms with van der Waals surface area (Å²) in [6.45, 7) is 5.92. The van der Waals surface area contributed by atoms with Gasteiger partial charge in [-0.25, -0.2) is 0 Å². The van der Waals surface area contributed by atoms with Gasteiger partial charge in [-0.1, -0.05) is 24.3 Å². The first-order chi connectivity index (χ1) is 13.3. The first-order valence-electron chi connectivity index (χ1n) is 10.1.